The molecule has 0 aromatic heterocycles. The fourth-order valence-corrected chi connectivity index (χ4v) is 2.65. The van der Waals surface area contributed by atoms with Crippen molar-refractivity contribution in [2.45, 2.75) is 0 Å². The molecule has 0 N–H and O–H groups in total. The van der Waals surface area contributed by atoms with Gasteiger partial charge in [0.1, 0.15) is 0 Å². The van der Waals surface area contributed by atoms with Gasteiger partial charge in [0.2, 0.25) is 0 Å². The van der Waals surface area contributed by atoms with Crippen molar-refractivity contribution in [2.24, 2.45) is 0 Å². The summed E-state index contributed by atoms with van der Waals surface area (Å²) in [6.07, 6.45) is 7.60. The second kappa shape index (κ2) is 9.50. The van der Waals surface area contributed by atoms with E-state index < -0.39 is 0 Å². The first-order valence-corrected chi connectivity index (χ1v) is 7.04. The molecule has 0 radical (unpaired) electrons. The standard InChI is InChI=1S/C14H14O2S2/c1-5-7-13(9-15)11(3)17-18-12(4)14(10-16)8-6-2/h5-10H,1-4H2/b13-7-,14-8-. The Morgan fingerprint density at radius 2 is 1.11 bits per heavy atom. The molecule has 0 heterocycles. The molecular formula is C14H14O2S2. The maximum atomic E-state index is 10.8. The van der Waals surface area contributed by atoms with E-state index in [9.17, 15) is 9.59 Å². The van der Waals surface area contributed by atoms with Crippen molar-refractivity contribution < 1.29 is 9.59 Å². The van der Waals surface area contributed by atoms with Gasteiger partial charge < -0.3 is 0 Å². The van der Waals surface area contributed by atoms with E-state index in [2.05, 4.69) is 26.3 Å². The van der Waals surface area contributed by atoms with Crippen molar-refractivity contribution in [3.05, 3.63) is 71.6 Å². The molecule has 0 fully saturated rings. The minimum atomic E-state index is 0.454. The Hall–Kier alpha value is -1.52. The Balaban J connectivity index is 4.59. The Bertz CT molecular complexity index is 401. The highest BCUT2D eigenvalue weighted by atomic mass is 33.1. The Morgan fingerprint density at radius 1 is 0.778 bits per heavy atom. The lowest BCUT2D eigenvalue weighted by Gasteiger charge is -2.05. The van der Waals surface area contributed by atoms with E-state index in [1.54, 1.807) is 12.2 Å². The summed E-state index contributed by atoms with van der Waals surface area (Å²) >= 11 is 0. The van der Waals surface area contributed by atoms with E-state index in [1.165, 1.54) is 33.7 Å². The van der Waals surface area contributed by atoms with Gasteiger partial charge >= 0.3 is 0 Å². The summed E-state index contributed by atoms with van der Waals surface area (Å²) in [6.45, 7) is 14.6. The average Bonchev–Trinajstić information content (AvgIpc) is 2.38. The van der Waals surface area contributed by atoms with E-state index in [4.69, 9.17) is 0 Å². The molecule has 0 aliphatic heterocycles. The fourth-order valence-electron chi connectivity index (χ4n) is 0.847. The van der Waals surface area contributed by atoms with Crippen LogP contribution in [0.4, 0.5) is 0 Å². The molecule has 0 aromatic carbocycles. The van der Waals surface area contributed by atoms with Gasteiger partial charge in [-0.25, -0.2) is 0 Å². The summed E-state index contributed by atoms with van der Waals surface area (Å²) in [5.41, 5.74) is 0.909. The van der Waals surface area contributed by atoms with E-state index in [0.29, 0.717) is 33.5 Å². The lowest BCUT2D eigenvalue weighted by Crippen LogP contribution is -1.86. The first-order chi connectivity index (χ1) is 8.60. The van der Waals surface area contributed by atoms with Crippen LogP contribution in [0.3, 0.4) is 0 Å². The highest BCUT2D eigenvalue weighted by Gasteiger charge is 2.06. The number of carbonyl (C=O) groups is 2. The second-order valence-electron chi connectivity index (χ2n) is 2.96. The van der Waals surface area contributed by atoms with E-state index >= 15 is 0 Å². The topological polar surface area (TPSA) is 34.1 Å². The van der Waals surface area contributed by atoms with Crippen LogP contribution in [0.1, 0.15) is 0 Å². The summed E-state index contributed by atoms with van der Waals surface area (Å²) in [7, 11) is 2.54. The predicted octanol–water partition coefficient (Wildman–Crippen LogP) is 4.02. The molecule has 0 saturated carbocycles. The van der Waals surface area contributed by atoms with Gasteiger partial charge in [0, 0.05) is 21.0 Å². The van der Waals surface area contributed by atoms with Gasteiger partial charge in [0.25, 0.3) is 0 Å². The molecule has 0 amide bonds. The van der Waals surface area contributed by atoms with Crippen LogP contribution in [-0.2, 0) is 9.59 Å². The van der Waals surface area contributed by atoms with Gasteiger partial charge in [-0.2, -0.15) is 0 Å². The average molecular weight is 278 g/mol. The number of hydrogen-bond donors (Lipinski definition) is 0. The SMILES string of the molecule is C=C/C=C(/C=O)C(=C)SSC(=C)/C(C=O)=C\C=C. The van der Waals surface area contributed by atoms with Gasteiger partial charge in [-0.15, -0.1) is 0 Å². The highest BCUT2D eigenvalue weighted by molar-refractivity contribution is 8.79. The van der Waals surface area contributed by atoms with Gasteiger partial charge in [-0.1, -0.05) is 72.2 Å². The zero-order chi connectivity index (χ0) is 14.0. The quantitative estimate of drug-likeness (QED) is 0.276. The van der Waals surface area contributed by atoms with E-state index in [0.717, 1.165) is 0 Å². The van der Waals surface area contributed by atoms with Crippen molar-refractivity contribution in [1.82, 2.24) is 0 Å². The predicted molar refractivity (Wildman–Crippen MR) is 82.2 cm³/mol. The summed E-state index contributed by atoms with van der Waals surface area (Å²) in [5.74, 6) is 0. The van der Waals surface area contributed by atoms with E-state index in [-0.39, 0.29) is 0 Å². The van der Waals surface area contributed by atoms with Crippen LogP contribution >= 0.6 is 21.6 Å². The largest absolute Gasteiger partial charge is 0.298 e. The maximum Gasteiger partial charge on any atom is 0.151 e. The van der Waals surface area contributed by atoms with Gasteiger partial charge in [-0.05, 0) is 0 Å². The molecule has 18 heavy (non-hydrogen) atoms. The summed E-state index contributed by atoms with van der Waals surface area (Å²) in [5, 5.41) is 0. The monoisotopic (exact) mass is 278 g/mol. The van der Waals surface area contributed by atoms with Crippen LogP contribution in [0.15, 0.2) is 71.6 Å². The summed E-state index contributed by atoms with van der Waals surface area (Å²) in [4.78, 5) is 22.7. The molecule has 0 saturated heterocycles. The molecule has 0 aliphatic carbocycles. The third-order valence-corrected chi connectivity index (χ3v) is 4.15. The molecular weight excluding hydrogens is 264 g/mol. The van der Waals surface area contributed by atoms with Crippen LogP contribution in [0.2, 0.25) is 0 Å². The molecule has 4 heteroatoms. The van der Waals surface area contributed by atoms with Gasteiger partial charge in [-0.3, -0.25) is 9.59 Å². The highest BCUT2D eigenvalue weighted by Crippen LogP contribution is 2.39. The van der Waals surface area contributed by atoms with Crippen molar-refractivity contribution in [2.75, 3.05) is 0 Å². The van der Waals surface area contributed by atoms with Crippen LogP contribution in [0.25, 0.3) is 0 Å². The Morgan fingerprint density at radius 3 is 1.33 bits per heavy atom. The summed E-state index contributed by atoms with van der Waals surface area (Å²) in [6, 6.07) is 0. The minimum absolute atomic E-state index is 0.454. The van der Waals surface area contributed by atoms with Crippen LogP contribution in [-0.4, -0.2) is 12.6 Å². The molecule has 94 valence electrons. The number of rotatable bonds is 9. The molecule has 0 unspecified atom stereocenters. The number of carbonyl (C=O) groups excluding carboxylic acids is 2. The van der Waals surface area contributed by atoms with Crippen molar-refractivity contribution >= 4 is 34.2 Å². The molecule has 0 aromatic rings. The summed E-state index contributed by atoms with van der Waals surface area (Å²) < 4.78 is 0. The molecule has 0 bridgehead atoms. The number of aldehydes is 2. The van der Waals surface area contributed by atoms with Crippen LogP contribution in [0.5, 0.6) is 0 Å². The smallest absolute Gasteiger partial charge is 0.151 e. The van der Waals surface area contributed by atoms with Gasteiger partial charge in [0.05, 0.1) is 0 Å². The molecule has 0 atom stereocenters. The zero-order valence-corrected chi connectivity index (χ0v) is 11.6. The fraction of sp³-hybridized carbons (Fsp3) is 0. The van der Waals surface area contributed by atoms with Crippen molar-refractivity contribution in [3.8, 4) is 0 Å². The molecule has 0 spiro atoms. The number of allylic oxidation sites excluding steroid dienone is 6. The first kappa shape index (κ1) is 16.5. The van der Waals surface area contributed by atoms with E-state index in [1.807, 2.05) is 0 Å². The molecule has 0 aliphatic rings. The molecule has 2 nitrogen and oxygen atoms in total. The first-order valence-electron chi connectivity index (χ1n) is 4.89. The maximum absolute atomic E-state index is 10.8. The Labute approximate surface area is 115 Å². The lowest BCUT2D eigenvalue weighted by atomic mass is 10.3. The van der Waals surface area contributed by atoms with Crippen LogP contribution < -0.4 is 0 Å². The Kier molecular flexibility index (Phi) is 8.70. The van der Waals surface area contributed by atoms with Gasteiger partial charge in [0.15, 0.2) is 12.6 Å². The lowest BCUT2D eigenvalue weighted by molar-refractivity contribution is -0.105. The van der Waals surface area contributed by atoms with Crippen molar-refractivity contribution in [1.29, 1.82) is 0 Å². The minimum Gasteiger partial charge on any atom is -0.298 e. The second-order valence-corrected chi connectivity index (χ2v) is 5.28. The third-order valence-electron chi connectivity index (χ3n) is 1.74. The third kappa shape index (κ3) is 5.70. The van der Waals surface area contributed by atoms with Crippen LogP contribution in [0, 0.1) is 0 Å². The zero-order valence-electron chi connectivity index (χ0n) is 9.93. The number of hydrogen-bond acceptors (Lipinski definition) is 4. The molecule has 0 rings (SSSR count). The normalized spacial score (nSPS) is 11.6. The van der Waals surface area contributed by atoms with Crippen molar-refractivity contribution in [3.63, 3.8) is 0 Å².